The van der Waals surface area contributed by atoms with Crippen LogP contribution in [0.3, 0.4) is 0 Å². The normalized spacial score (nSPS) is 12.3. The van der Waals surface area contributed by atoms with E-state index >= 15 is 0 Å². The average Bonchev–Trinajstić information content (AvgIpc) is 3.02. The van der Waals surface area contributed by atoms with E-state index in [1.165, 1.54) is 18.2 Å². The Bertz CT molecular complexity index is 1190. The predicted molar refractivity (Wildman–Crippen MR) is 122 cm³/mol. The summed E-state index contributed by atoms with van der Waals surface area (Å²) in [5.74, 6) is 0.965. The molecule has 31 heavy (non-hydrogen) atoms. The minimum atomic E-state index is -3.23. The van der Waals surface area contributed by atoms with E-state index in [0.717, 1.165) is 23.1 Å². The molecular weight excluding hydrogens is 417 g/mol. The molecule has 0 spiro atoms. The van der Waals surface area contributed by atoms with E-state index in [4.69, 9.17) is 0 Å². The molecule has 9 heteroatoms. The van der Waals surface area contributed by atoms with Crippen LogP contribution in [0.1, 0.15) is 23.9 Å². The number of aromatic nitrogens is 2. The number of imidazole rings is 1. The van der Waals surface area contributed by atoms with Gasteiger partial charge in [0.2, 0.25) is 0 Å². The van der Waals surface area contributed by atoms with Crippen LogP contribution in [0, 0.1) is 12.7 Å². The number of guanidine groups is 1. The summed E-state index contributed by atoms with van der Waals surface area (Å²) in [6.07, 6.45) is 1.16. The second-order valence-electron chi connectivity index (χ2n) is 7.40. The third-order valence-electron chi connectivity index (χ3n) is 4.81. The molecule has 1 heterocycles. The Morgan fingerprint density at radius 3 is 2.68 bits per heavy atom. The van der Waals surface area contributed by atoms with Crippen molar-refractivity contribution in [3.63, 3.8) is 0 Å². The number of fused-ring (bicyclic) bond motifs is 1. The van der Waals surface area contributed by atoms with E-state index < -0.39 is 15.7 Å². The molecule has 166 valence electrons. The SMILES string of the molecule is CCNC(=NCc1cc(F)ccc1CS(C)(=O)=O)NCCn1c(C)nc2ccccc21. The number of hydrogen-bond donors (Lipinski definition) is 2. The molecule has 0 aliphatic rings. The topological polar surface area (TPSA) is 88.4 Å². The molecule has 2 aromatic carbocycles. The van der Waals surface area contributed by atoms with Gasteiger partial charge in [0.15, 0.2) is 15.8 Å². The standard InChI is InChI=1S/C22H28FN5O2S/c1-4-24-22(25-11-12-28-16(2)27-20-7-5-6-8-21(20)28)26-14-18-13-19(23)10-9-17(18)15-31(3,29)30/h5-10,13H,4,11-12,14-15H2,1-3H3,(H2,24,25,26). The second-order valence-corrected chi connectivity index (χ2v) is 9.54. The summed E-state index contributed by atoms with van der Waals surface area (Å²) in [7, 11) is -3.23. The van der Waals surface area contributed by atoms with Crippen molar-refractivity contribution in [1.82, 2.24) is 20.2 Å². The molecule has 0 aliphatic heterocycles. The molecule has 0 amide bonds. The van der Waals surface area contributed by atoms with Crippen LogP contribution in [0.2, 0.25) is 0 Å². The van der Waals surface area contributed by atoms with E-state index in [-0.39, 0.29) is 12.3 Å². The molecule has 0 saturated carbocycles. The maximum absolute atomic E-state index is 13.7. The van der Waals surface area contributed by atoms with Crippen molar-refractivity contribution in [1.29, 1.82) is 0 Å². The van der Waals surface area contributed by atoms with Crippen LogP contribution in [-0.4, -0.2) is 43.3 Å². The number of halogens is 1. The first-order valence-corrected chi connectivity index (χ1v) is 12.2. The Morgan fingerprint density at radius 2 is 1.94 bits per heavy atom. The van der Waals surface area contributed by atoms with Gasteiger partial charge < -0.3 is 15.2 Å². The van der Waals surface area contributed by atoms with E-state index in [0.29, 0.717) is 36.7 Å². The highest BCUT2D eigenvalue weighted by Gasteiger charge is 2.11. The molecule has 0 atom stereocenters. The van der Waals surface area contributed by atoms with Crippen molar-refractivity contribution >= 4 is 26.8 Å². The first kappa shape index (κ1) is 22.7. The molecule has 0 radical (unpaired) electrons. The quantitative estimate of drug-likeness (QED) is 0.411. The van der Waals surface area contributed by atoms with Gasteiger partial charge in [0.25, 0.3) is 0 Å². The van der Waals surface area contributed by atoms with Gasteiger partial charge in [0.1, 0.15) is 11.6 Å². The van der Waals surface area contributed by atoms with Crippen LogP contribution in [0.25, 0.3) is 11.0 Å². The van der Waals surface area contributed by atoms with Gasteiger partial charge in [-0.25, -0.2) is 22.8 Å². The molecule has 1 aromatic heterocycles. The molecule has 0 bridgehead atoms. The molecule has 0 saturated heterocycles. The smallest absolute Gasteiger partial charge is 0.191 e. The van der Waals surface area contributed by atoms with Crippen LogP contribution in [0.4, 0.5) is 4.39 Å². The summed E-state index contributed by atoms with van der Waals surface area (Å²) in [6, 6.07) is 12.1. The van der Waals surface area contributed by atoms with Crippen molar-refractivity contribution in [2.45, 2.75) is 32.7 Å². The van der Waals surface area contributed by atoms with Crippen LogP contribution in [-0.2, 0) is 28.7 Å². The van der Waals surface area contributed by atoms with E-state index in [1.54, 1.807) is 0 Å². The lowest BCUT2D eigenvalue weighted by Crippen LogP contribution is -2.39. The lowest BCUT2D eigenvalue weighted by Gasteiger charge is -2.14. The average molecular weight is 446 g/mol. The van der Waals surface area contributed by atoms with E-state index in [9.17, 15) is 12.8 Å². The van der Waals surface area contributed by atoms with Crippen molar-refractivity contribution in [3.8, 4) is 0 Å². The Hall–Kier alpha value is -2.94. The Balaban J connectivity index is 1.71. The zero-order valence-electron chi connectivity index (χ0n) is 18.0. The number of sulfone groups is 1. The number of aliphatic imine (C=N–C) groups is 1. The minimum absolute atomic E-state index is 0.144. The molecule has 0 aliphatic carbocycles. The van der Waals surface area contributed by atoms with Crippen molar-refractivity contribution < 1.29 is 12.8 Å². The summed E-state index contributed by atoms with van der Waals surface area (Å²) in [5, 5.41) is 6.45. The minimum Gasteiger partial charge on any atom is -0.357 e. The number of nitrogens with one attached hydrogen (secondary N) is 2. The van der Waals surface area contributed by atoms with Gasteiger partial charge in [-0.3, -0.25) is 0 Å². The predicted octanol–water partition coefficient (Wildman–Crippen LogP) is 2.78. The number of para-hydroxylation sites is 2. The fraction of sp³-hybridized carbons (Fsp3) is 0.364. The number of benzene rings is 2. The molecule has 2 N–H and O–H groups in total. The molecular formula is C22H28FN5O2S. The highest BCUT2D eigenvalue weighted by molar-refractivity contribution is 7.89. The summed E-state index contributed by atoms with van der Waals surface area (Å²) < 4.78 is 39.3. The van der Waals surface area contributed by atoms with Crippen LogP contribution in [0.15, 0.2) is 47.5 Å². The van der Waals surface area contributed by atoms with Gasteiger partial charge in [-0.2, -0.15) is 0 Å². The van der Waals surface area contributed by atoms with Crippen molar-refractivity contribution in [2.75, 3.05) is 19.3 Å². The van der Waals surface area contributed by atoms with Crippen LogP contribution in [0.5, 0.6) is 0 Å². The number of aryl methyl sites for hydroxylation is 1. The number of rotatable bonds is 8. The lowest BCUT2D eigenvalue weighted by molar-refractivity contribution is 0.600. The van der Waals surface area contributed by atoms with Gasteiger partial charge in [0.05, 0.1) is 23.3 Å². The van der Waals surface area contributed by atoms with E-state index in [2.05, 4.69) is 25.2 Å². The zero-order valence-corrected chi connectivity index (χ0v) is 18.8. The summed E-state index contributed by atoms with van der Waals surface area (Å²) in [5.41, 5.74) is 3.15. The van der Waals surface area contributed by atoms with Gasteiger partial charge in [-0.05, 0) is 49.2 Å². The van der Waals surface area contributed by atoms with E-state index in [1.807, 2.05) is 38.1 Å². The Morgan fingerprint density at radius 1 is 1.16 bits per heavy atom. The Labute approximate surface area is 182 Å². The fourth-order valence-corrected chi connectivity index (χ4v) is 4.28. The third kappa shape index (κ3) is 6.27. The van der Waals surface area contributed by atoms with Gasteiger partial charge >= 0.3 is 0 Å². The molecule has 3 aromatic rings. The Kier molecular flexibility index (Phi) is 7.27. The first-order chi connectivity index (χ1) is 14.8. The van der Waals surface area contributed by atoms with Gasteiger partial charge in [-0.1, -0.05) is 18.2 Å². The zero-order chi connectivity index (χ0) is 22.4. The van der Waals surface area contributed by atoms with Gasteiger partial charge in [0, 0.05) is 25.9 Å². The summed E-state index contributed by atoms with van der Waals surface area (Å²) >= 11 is 0. The maximum atomic E-state index is 13.7. The molecule has 0 unspecified atom stereocenters. The number of hydrogen-bond acceptors (Lipinski definition) is 4. The maximum Gasteiger partial charge on any atom is 0.191 e. The van der Waals surface area contributed by atoms with Crippen molar-refractivity contribution in [3.05, 3.63) is 65.2 Å². The lowest BCUT2D eigenvalue weighted by atomic mass is 10.1. The largest absolute Gasteiger partial charge is 0.357 e. The van der Waals surface area contributed by atoms with Crippen molar-refractivity contribution in [2.24, 2.45) is 4.99 Å². The molecule has 0 fully saturated rings. The summed E-state index contributed by atoms with van der Waals surface area (Å²) in [4.78, 5) is 9.10. The molecule has 7 nitrogen and oxygen atoms in total. The summed E-state index contributed by atoms with van der Waals surface area (Å²) in [6.45, 7) is 6.10. The first-order valence-electron chi connectivity index (χ1n) is 10.2. The second kappa shape index (κ2) is 9.91. The fourth-order valence-electron chi connectivity index (χ4n) is 3.44. The molecule has 3 rings (SSSR count). The van der Waals surface area contributed by atoms with Crippen LogP contribution < -0.4 is 10.6 Å². The monoisotopic (exact) mass is 445 g/mol. The van der Waals surface area contributed by atoms with Crippen LogP contribution >= 0.6 is 0 Å². The third-order valence-corrected chi connectivity index (χ3v) is 5.65. The van der Waals surface area contributed by atoms with Gasteiger partial charge in [-0.15, -0.1) is 0 Å². The number of nitrogens with zero attached hydrogens (tertiary/aromatic N) is 3. The highest BCUT2D eigenvalue weighted by Crippen LogP contribution is 2.16. The highest BCUT2D eigenvalue weighted by atomic mass is 32.2.